The van der Waals surface area contributed by atoms with Crippen molar-refractivity contribution in [2.45, 2.75) is 19.1 Å². The molecule has 0 saturated carbocycles. The summed E-state index contributed by atoms with van der Waals surface area (Å²) in [5.41, 5.74) is 2.85. The fourth-order valence-electron chi connectivity index (χ4n) is 4.03. The van der Waals surface area contributed by atoms with Crippen LogP contribution in [-0.2, 0) is 19.1 Å². The quantitative estimate of drug-likeness (QED) is 0.196. The van der Waals surface area contributed by atoms with Crippen molar-refractivity contribution >= 4 is 39.1 Å². The van der Waals surface area contributed by atoms with E-state index in [4.69, 9.17) is 10.5 Å². The molecule has 43 heavy (non-hydrogen) atoms. The van der Waals surface area contributed by atoms with Gasteiger partial charge in [-0.3, -0.25) is 9.59 Å². The number of halogens is 7. The first-order valence-electron chi connectivity index (χ1n) is 12.0. The zero-order valence-corrected chi connectivity index (χ0v) is 22.1. The van der Waals surface area contributed by atoms with Crippen LogP contribution in [-0.4, -0.2) is 26.6 Å². The molecule has 5 rings (SSSR count). The molecule has 2 aromatic carbocycles. The van der Waals surface area contributed by atoms with Gasteiger partial charge < -0.3 is 15.8 Å². The summed E-state index contributed by atoms with van der Waals surface area (Å²) in [6.07, 6.45) is -8.15. The number of ether oxygens (including phenoxy) is 1. The number of rotatable bonds is 7. The molecule has 3 heterocycles. The highest BCUT2D eigenvalue weighted by Gasteiger charge is 2.35. The number of amides is 2. The number of carbonyl (C=O) groups excluding carboxylic acids is 2. The lowest BCUT2D eigenvalue weighted by molar-refractivity contribution is -0.141. The van der Waals surface area contributed by atoms with E-state index in [1.807, 2.05) is 0 Å². The van der Waals surface area contributed by atoms with Gasteiger partial charge in [0.15, 0.2) is 12.4 Å². The predicted octanol–water partition coefficient (Wildman–Crippen LogP) is 6.72. The third-order valence-corrected chi connectivity index (χ3v) is 7.07. The number of alkyl halides is 6. The molecule has 16 heteroatoms. The number of hydrogen-bond donors (Lipinski definition) is 2. The van der Waals surface area contributed by atoms with Crippen LogP contribution < -0.4 is 15.8 Å². The lowest BCUT2D eigenvalue weighted by atomic mass is 10.0. The maximum absolute atomic E-state index is 13.7. The molecule has 0 atom stereocenters. The van der Waals surface area contributed by atoms with E-state index in [2.05, 4.69) is 15.4 Å². The van der Waals surface area contributed by atoms with Crippen LogP contribution in [0.15, 0.2) is 66.9 Å². The van der Waals surface area contributed by atoms with Crippen molar-refractivity contribution in [2.75, 3.05) is 5.32 Å². The average Bonchev–Trinajstić information content (AvgIpc) is 3.56. The number of benzene rings is 2. The predicted molar refractivity (Wildman–Crippen MR) is 141 cm³/mol. The van der Waals surface area contributed by atoms with Crippen molar-refractivity contribution in [1.82, 2.24) is 14.8 Å². The molecule has 0 aliphatic rings. The van der Waals surface area contributed by atoms with Crippen LogP contribution in [0.3, 0.4) is 0 Å². The minimum atomic E-state index is -4.87. The topological polar surface area (TPSA) is 112 Å². The summed E-state index contributed by atoms with van der Waals surface area (Å²) in [5.74, 6) is -2.71. The summed E-state index contributed by atoms with van der Waals surface area (Å²) in [7, 11) is 0. The van der Waals surface area contributed by atoms with E-state index in [1.54, 1.807) is 0 Å². The maximum Gasteiger partial charge on any atom is 0.433 e. The minimum Gasteiger partial charge on any atom is -0.471 e. The van der Waals surface area contributed by atoms with Crippen molar-refractivity contribution in [3.05, 3.63) is 94.5 Å². The molecule has 0 fully saturated rings. The second-order valence-electron chi connectivity index (χ2n) is 8.90. The average molecular weight is 624 g/mol. The van der Waals surface area contributed by atoms with Crippen molar-refractivity contribution in [1.29, 1.82) is 0 Å². The van der Waals surface area contributed by atoms with Gasteiger partial charge in [-0.05, 0) is 53.6 Å². The Morgan fingerprint density at radius 2 is 1.70 bits per heavy atom. The van der Waals surface area contributed by atoms with E-state index in [0.717, 1.165) is 35.0 Å². The van der Waals surface area contributed by atoms with Crippen LogP contribution >= 0.6 is 11.3 Å². The van der Waals surface area contributed by atoms with Gasteiger partial charge in [0.05, 0.1) is 11.3 Å². The third-order valence-electron chi connectivity index (χ3n) is 5.97. The number of fused-ring (bicyclic) bond motifs is 1. The lowest BCUT2D eigenvalue weighted by Crippen LogP contribution is -2.18. The van der Waals surface area contributed by atoms with Gasteiger partial charge in [0.25, 0.3) is 11.8 Å². The highest BCUT2D eigenvalue weighted by Crippen LogP contribution is 2.43. The molecule has 0 saturated heterocycles. The number of hydrogen-bond acceptors (Lipinski definition) is 6. The Kier molecular flexibility index (Phi) is 7.56. The minimum absolute atomic E-state index is 0.0425. The molecule has 8 nitrogen and oxygen atoms in total. The van der Waals surface area contributed by atoms with Gasteiger partial charge in [-0.15, -0.1) is 11.3 Å². The van der Waals surface area contributed by atoms with Crippen LogP contribution in [0.4, 0.5) is 36.4 Å². The highest BCUT2D eigenvalue weighted by molar-refractivity contribution is 7.21. The second-order valence-corrected chi connectivity index (χ2v) is 9.90. The summed E-state index contributed by atoms with van der Waals surface area (Å²) in [4.78, 5) is 28.5. The molecule has 0 aliphatic carbocycles. The normalized spacial score (nSPS) is 12.0. The van der Waals surface area contributed by atoms with Crippen molar-refractivity contribution in [2.24, 2.45) is 5.73 Å². The Balaban J connectivity index is 1.47. The fourth-order valence-corrected chi connectivity index (χ4v) is 5.04. The number of pyridine rings is 1. The summed E-state index contributed by atoms with van der Waals surface area (Å²) in [5, 5.41) is 6.42. The van der Waals surface area contributed by atoms with Gasteiger partial charge >= 0.3 is 12.4 Å². The smallest absolute Gasteiger partial charge is 0.433 e. The Bertz CT molecular complexity index is 1850. The second kappa shape index (κ2) is 11.0. The number of nitrogens with two attached hydrogens (primary N) is 1. The summed E-state index contributed by atoms with van der Waals surface area (Å²) in [6.45, 7) is -0.374. The summed E-state index contributed by atoms with van der Waals surface area (Å²) in [6, 6.07) is 10.6. The van der Waals surface area contributed by atoms with Gasteiger partial charge in [-0.25, -0.2) is 14.1 Å². The van der Waals surface area contributed by atoms with Crippen LogP contribution in [0.5, 0.6) is 5.75 Å². The molecule has 0 spiro atoms. The molecule has 0 radical (unpaired) electrons. The van der Waals surface area contributed by atoms with E-state index in [1.165, 1.54) is 30.5 Å². The number of carbonyl (C=O) groups is 2. The number of nitrogens with one attached hydrogen (secondary N) is 1. The van der Waals surface area contributed by atoms with E-state index in [9.17, 15) is 40.3 Å². The van der Waals surface area contributed by atoms with Gasteiger partial charge in [0, 0.05) is 11.6 Å². The molecular weight excluding hydrogens is 607 g/mol. The van der Waals surface area contributed by atoms with Crippen LogP contribution in [0.2, 0.25) is 0 Å². The molecule has 0 bridgehead atoms. The Labute approximate surface area is 240 Å². The van der Waals surface area contributed by atoms with E-state index in [0.29, 0.717) is 17.4 Å². The van der Waals surface area contributed by atoms with Crippen LogP contribution in [0, 0.1) is 5.82 Å². The molecule has 0 unspecified atom stereocenters. The monoisotopic (exact) mass is 623 g/mol. The molecule has 2 amide bonds. The number of thiophene rings is 1. The zero-order valence-electron chi connectivity index (χ0n) is 21.3. The molecule has 3 aromatic heterocycles. The SMILES string of the molecule is NC(=O)c1sc2nc(C(F)(F)F)cc(-c3ccc(F)cc3)c2c1NC(=O)c1ccn(COc2cccc(C(F)(F)F)c2)n1. The molecule has 5 aromatic rings. The number of anilines is 1. The fraction of sp³-hybridized carbons (Fsp3) is 0.111. The molecular formula is C27H16F7N5O3S. The molecule has 0 aliphatic heterocycles. The lowest BCUT2D eigenvalue weighted by Gasteiger charge is -2.12. The summed E-state index contributed by atoms with van der Waals surface area (Å²) < 4.78 is 99.9. The van der Waals surface area contributed by atoms with Gasteiger partial charge in [0.2, 0.25) is 0 Å². The number of nitrogens with zero attached hydrogens (tertiary/aromatic N) is 3. The van der Waals surface area contributed by atoms with E-state index in [-0.39, 0.29) is 50.1 Å². The first kappa shape index (κ1) is 29.5. The van der Waals surface area contributed by atoms with Crippen molar-refractivity contribution in [3.8, 4) is 16.9 Å². The molecule has 222 valence electrons. The van der Waals surface area contributed by atoms with Crippen LogP contribution in [0.25, 0.3) is 21.3 Å². The number of primary amides is 1. The largest absolute Gasteiger partial charge is 0.471 e. The first-order valence-corrected chi connectivity index (χ1v) is 12.8. The van der Waals surface area contributed by atoms with Gasteiger partial charge in [-0.2, -0.15) is 31.4 Å². The molecule has 3 N–H and O–H groups in total. The Hall–Kier alpha value is -4.99. The highest BCUT2D eigenvalue weighted by atomic mass is 32.1. The van der Waals surface area contributed by atoms with Crippen LogP contribution in [0.1, 0.15) is 31.4 Å². The Morgan fingerprint density at radius 3 is 2.35 bits per heavy atom. The van der Waals surface area contributed by atoms with Crippen molar-refractivity contribution in [3.63, 3.8) is 0 Å². The van der Waals surface area contributed by atoms with Gasteiger partial charge in [-0.1, -0.05) is 18.2 Å². The standard InChI is InChI=1S/C27H16F7N5O3S/c28-15-6-4-13(5-7-15)17-11-19(27(32,33)34)36-25-20(17)21(22(43-25)23(35)40)37-24(41)18-8-9-39(38-18)12-42-16-3-1-2-14(10-16)26(29,30)31/h1-11H,12H2,(H2,35,40)(H,37,41). The van der Waals surface area contributed by atoms with E-state index < -0.39 is 41.2 Å². The van der Waals surface area contributed by atoms with E-state index >= 15 is 0 Å². The first-order chi connectivity index (χ1) is 20.2. The van der Waals surface area contributed by atoms with Gasteiger partial charge in [0.1, 0.15) is 27.0 Å². The number of aromatic nitrogens is 3. The zero-order chi connectivity index (χ0) is 31.1. The summed E-state index contributed by atoms with van der Waals surface area (Å²) >= 11 is 0.525. The third kappa shape index (κ3) is 6.28. The Morgan fingerprint density at radius 1 is 0.977 bits per heavy atom. The maximum atomic E-state index is 13.7. The van der Waals surface area contributed by atoms with Crippen molar-refractivity contribution < 1.29 is 45.1 Å².